The largest absolute Gasteiger partial charge is 0.352 e. The first-order valence-electron chi connectivity index (χ1n) is 10.0. The van der Waals surface area contributed by atoms with Crippen LogP contribution in [-0.2, 0) is 29.0 Å². The summed E-state index contributed by atoms with van der Waals surface area (Å²) in [6.45, 7) is 5.24. The summed E-state index contributed by atoms with van der Waals surface area (Å²) in [7, 11) is 0. The van der Waals surface area contributed by atoms with Crippen molar-refractivity contribution in [2.24, 2.45) is 5.92 Å². The predicted octanol–water partition coefficient (Wildman–Crippen LogP) is 2.89. The maximum Gasteiger partial charge on any atom is 0.223 e. The van der Waals surface area contributed by atoms with E-state index in [0.717, 1.165) is 61.8 Å². The van der Waals surface area contributed by atoms with E-state index in [-0.39, 0.29) is 17.7 Å². The number of piperazine rings is 1. The summed E-state index contributed by atoms with van der Waals surface area (Å²) in [4.78, 5) is 34.4. The average Bonchev–Trinajstić information content (AvgIpc) is 3.15. The van der Waals surface area contributed by atoms with Gasteiger partial charge in [0.2, 0.25) is 11.8 Å². The monoisotopic (exact) mass is 432 g/mol. The van der Waals surface area contributed by atoms with Crippen LogP contribution in [0.3, 0.4) is 0 Å². The topological polar surface area (TPSA) is 65.5 Å². The summed E-state index contributed by atoms with van der Waals surface area (Å²) in [6.07, 6.45) is 2.42. The van der Waals surface area contributed by atoms with E-state index in [1.165, 1.54) is 4.88 Å². The van der Waals surface area contributed by atoms with Crippen molar-refractivity contribution >= 4 is 39.9 Å². The number of nitrogens with one attached hydrogen (secondary N) is 1. The van der Waals surface area contributed by atoms with Crippen LogP contribution in [0.4, 0.5) is 5.13 Å². The summed E-state index contributed by atoms with van der Waals surface area (Å²) in [6, 6.07) is 7.57. The molecule has 29 heavy (non-hydrogen) atoms. The number of anilines is 1. The molecule has 154 valence electrons. The third kappa shape index (κ3) is 4.73. The molecule has 4 rings (SSSR count). The van der Waals surface area contributed by atoms with Crippen LogP contribution in [0.25, 0.3) is 0 Å². The summed E-state index contributed by atoms with van der Waals surface area (Å²) in [5, 5.41) is 4.76. The molecule has 1 aliphatic carbocycles. The SMILES string of the molecule is CC(=O)N1CCN(c2nc3c(s2)CC(C(=O)NCc2cccc(Cl)c2)CC3)CC1. The lowest BCUT2D eigenvalue weighted by Gasteiger charge is -2.33. The number of halogens is 1. The van der Waals surface area contributed by atoms with Gasteiger partial charge < -0.3 is 15.1 Å². The molecule has 6 nitrogen and oxygen atoms in total. The second-order valence-electron chi connectivity index (χ2n) is 7.65. The van der Waals surface area contributed by atoms with Crippen LogP contribution >= 0.6 is 22.9 Å². The number of benzene rings is 1. The number of rotatable bonds is 4. The Balaban J connectivity index is 1.34. The molecule has 1 saturated heterocycles. The molecule has 2 amide bonds. The van der Waals surface area contributed by atoms with Gasteiger partial charge in [0.25, 0.3) is 0 Å². The minimum Gasteiger partial charge on any atom is -0.352 e. The molecule has 0 bridgehead atoms. The Hall–Kier alpha value is -2.12. The number of aryl methyl sites for hydroxylation is 1. The number of hydrogen-bond donors (Lipinski definition) is 1. The van der Waals surface area contributed by atoms with Crippen molar-refractivity contribution in [1.82, 2.24) is 15.2 Å². The van der Waals surface area contributed by atoms with Crippen LogP contribution in [0.15, 0.2) is 24.3 Å². The van der Waals surface area contributed by atoms with Crippen molar-refractivity contribution in [3.8, 4) is 0 Å². The number of aromatic nitrogens is 1. The van der Waals surface area contributed by atoms with Crippen LogP contribution in [0.2, 0.25) is 5.02 Å². The fourth-order valence-electron chi connectivity index (χ4n) is 3.91. The van der Waals surface area contributed by atoms with Crippen LogP contribution in [0, 0.1) is 5.92 Å². The quantitative estimate of drug-likeness (QED) is 0.806. The lowest BCUT2D eigenvalue weighted by molar-refractivity contribution is -0.129. The Labute approximate surface area is 179 Å². The molecule has 1 unspecified atom stereocenters. The number of carbonyl (C=O) groups is 2. The maximum atomic E-state index is 12.7. The highest BCUT2D eigenvalue weighted by Gasteiger charge is 2.29. The zero-order valence-electron chi connectivity index (χ0n) is 16.5. The van der Waals surface area contributed by atoms with Gasteiger partial charge in [-0.2, -0.15) is 0 Å². The Bertz CT molecular complexity index is 908. The van der Waals surface area contributed by atoms with E-state index in [1.807, 2.05) is 29.2 Å². The van der Waals surface area contributed by atoms with Crippen molar-refractivity contribution in [2.75, 3.05) is 31.1 Å². The lowest BCUT2D eigenvalue weighted by Crippen LogP contribution is -2.48. The number of hydrogen-bond acceptors (Lipinski definition) is 5. The molecule has 1 N–H and O–H groups in total. The molecule has 2 aliphatic rings. The second-order valence-corrected chi connectivity index (χ2v) is 9.15. The number of thiazole rings is 1. The van der Waals surface area contributed by atoms with Gasteiger partial charge in [-0.3, -0.25) is 9.59 Å². The van der Waals surface area contributed by atoms with Crippen molar-refractivity contribution in [3.05, 3.63) is 45.4 Å². The number of nitrogens with zero attached hydrogens (tertiary/aromatic N) is 3. The van der Waals surface area contributed by atoms with Crippen LogP contribution in [0.1, 0.15) is 29.5 Å². The van der Waals surface area contributed by atoms with Gasteiger partial charge in [0, 0.05) is 55.5 Å². The average molecular weight is 433 g/mol. The summed E-state index contributed by atoms with van der Waals surface area (Å²) in [5.41, 5.74) is 2.14. The van der Waals surface area contributed by atoms with E-state index < -0.39 is 0 Å². The molecule has 2 aromatic rings. The van der Waals surface area contributed by atoms with Crippen molar-refractivity contribution in [1.29, 1.82) is 0 Å². The van der Waals surface area contributed by atoms with E-state index in [2.05, 4.69) is 10.2 Å². The van der Waals surface area contributed by atoms with Gasteiger partial charge in [-0.15, -0.1) is 11.3 Å². The standard InChI is InChI=1S/C21H25ClN4O2S/c1-14(27)25-7-9-26(10-8-25)21-24-18-6-5-16(12-19(18)29-21)20(28)23-13-15-3-2-4-17(22)11-15/h2-4,11,16H,5-10,12-13H2,1H3,(H,23,28). The fraction of sp³-hybridized carbons (Fsp3) is 0.476. The van der Waals surface area contributed by atoms with Crippen molar-refractivity contribution in [2.45, 2.75) is 32.7 Å². The highest BCUT2D eigenvalue weighted by atomic mass is 35.5. The first kappa shape index (κ1) is 20.2. The Kier molecular flexibility index (Phi) is 6.06. The minimum absolute atomic E-state index is 0.00968. The molecule has 8 heteroatoms. The molecule has 1 fully saturated rings. The van der Waals surface area contributed by atoms with Crippen molar-refractivity contribution < 1.29 is 9.59 Å². The minimum atomic E-state index is -0.00968. The molecule has 1 atom stereocenters. The number of carbonyl (C=O) groups excluding carboxylic acids is 2. The molecule has 1 aliphatic heterocycles. The van der Waals surface area contributed by atoms with Gasteiger partial charge in [-0.05, 0) is 37.0 Å². The van der Waals surface area contributed by atoms with Gasteiger partial charge in [0.1, 0.15) is 0 Å². The van der Waals surface area contributed by atoms with Gasteiger partial charge in [-0.1, -0.05) is 23.7 Å². The first-order valence-corrected chi connectivity index (χ1v) is 11.2. The van der Waals surface area contributed by atoms with Gasteiger partial charge >= 0.3 is 0 Å². The van der Waals surface area contributed by atoms with E-state index in [0.29, 0.717) is 11.6 Å². The molecular formula is C21H25ClN4O2S. The molecule has 0 saturated carbocycles. The van der Waals surface area contributed by atoms with E-state index in [4.69, 9.17) is 16.6 Å². The smallest absolute Gasteiger partial charge is 0.223 e. The van der Waals surface area contributed by atoms with Crippen LogP contribution < -0.4 is 10.2 Å². The molecule has 1 aromatic carbocycles. The Morgan fingerprint density at radius 2 is 2.07 bits per heavy atom. The van der Waals surface area contributed by atoms with E-state index in [9.17, 15) is 9.59 Å². The number of amides is 2. The van der Waals surface area contributed by atoms with E-state index in [1.54, 1.807) is 18.3 Å². The first-order chi connectivity index (χ1) is 14.0. The predicted molar refractivity (Wildman–Crippen MR) is 115 cm³/mol. The molecule has 2 heterocycles. The summed E-state index contributed by atoms with van der Waals surface area (Å²) in [5.74, 6) is 0.222. The molecule has 1 aromatic heterocycles. The van der Waals surface area contributed by atoms with Crippen LogP contribution in [-0.4, -0.2) is 47.9 Å². The van der Waals surface area contributed by atoms with Crippen molar-refractivity contribution in [3.63, 3.8) is 0 Å². The number of fused-ring (bicyclic) bond motifs is 1. The lowest BCUT2D eigenvalue weighted by atomic mass is 9.90. The maximum absolute atomic E-state index is 12.7. The Morgan fingerprint density at radius 1 is 1.28 bits per heavy atom. The zero-order chi connectivity index (χ0) is 20.4. The second kappa shape index (κ2) is 8.71. The van der Waals surface area contributed by atoms with Gasteiger partial charge in [0.15, 0.2) is 5.13 Å². The molecule has 0 radical (unpaired) electrons. The Morgan fingerprint density at radius 3 is 2.79 bits per heavy atom. The third-order valence-electron chi connectivity index (χ3n) is 5.65. The van der Waals surface area contributed by atoms with Gasteiger partial charge in [0.05, 0.1) is 5.69 Å². The fourth-order valence-corrected chi connectivity index (χ4v) is 5.36. The normalized spacial score (nSPS) is 19.0. The zero-order valence-corrected chi connectivity index (χ0v) is 18.1. The molecule has 0 spiro atoms. The van der Waals surface area contributed by atoms with Gasteiger partial charge in [-0.25, -0.2) is 4.98 Å². The van der Waals surface area contributed by atoms with E-state index >= 15 is 0 Å². The van der Waals surface area contributed by atoms with Crippen LogP contribution in [0.5, 0.6) is 0 Å². The highest BCUT2D eigenvalue weighted by Crippen LogP contribution is 2.34. The summed E-state index contributed by atoms with van der Waals surface area (Å²) < 4.78 is 0. The summed E-state index contributed by atoms with van der Waals surface area (Å²) >= 11 is 7.72. The third-order valence-corrected chi connectivity index (χ3v) is 7.07. The highest BCUT2D eigenvalue weighted by molar-refractivity contribution is 7.15. The molecular weight excluding hydrogens is 408 g/mol.